The summed E-state index contributed by atoms with van der Waals surface area (Å²) in [7, 11) is 0. The van der Waals surface area contributed by atoms with Crippen molar-refractivity contribution in [3.05, 3.63) is 0 Å². The first-order chi connectivity index (χ1) is 3.72. The minimum absolute atomic E-state index is 0.0625. The van der Waals surface area contributed by atoms with Crippen LogP contribution in [0.1, 0.15) is 0 Å². The minimum Gasteiger partial charge on any atom is -0.290 e. The Morgan fingerprint density at radius 3 is 2.50 bits per heavy atom. The molecule has 0 aromatic heterocycles. The first kappa shape index (κ1) is 6.92. The molecule has 0 heterocycles. The predicted molar refractivity (Wildman–Crippen MR) is 24.6 cm³/mol. The van der Waals surface area contributed by atoms with Crippen molar-refractivity contribution in [3.8, 4) is 6.07 Å². The summed E-state index contributed by atoms with van der Waals surface area (Å²) in [4.78, 5) is 9.63. The van der Waals surface area contributed by atoms with Crippen LogP contribution < -0.4 is 0 Å². The lowest BCUT2D eigenvalue weighted by molar-refractivity contribution is -0.661. The zero-order valence-electron chi connectivity index (χ0n) is 3.71. The predicted octanol–water partition coefficient (Wildman–Crippen LogP) is -0.295. The highest BCUT2D eigenvalue weighted by atomic mass is 35.5. The molecule has 0 rings (SSSR count). The smallest absolute Gasteiger partial charge is 0.290 e. The average Bonchev–Trinajstić information content (AvgIpc) is 1.69. The van der Waals surface area contributed by atoms with Gasteiger partial charge in [-0.3, -0.25) is 10.0 Å². The molecule has 0 atom stereocenters. The van der Waals surface area contributed by atoms with Crippen LogP contribution in [-0.4, -0.2) is 21.5 Å². The van der Waals surface area contributed by atoms with Gasteiger partial charge in [-0.15, -0.1) is 0 Å². The van der Waals surface area contributed by atoms with Gasteiger partial charge in [-0.25, -0.2) is 0 Å². The summed E-state index contributed by atoms with van der Waals surface area (Å²) in [5, 5.41) is 16.0. The number of carbonyl (C=O) groups excluding carboxylic acids is 1. The lowest BCUT2D eigenvalue weighted by Crippen LogP contribution is -2.07. The number of aldehydes is 1. The molecule has 0 aliphatic carbocycles. The van der Waals surface area contributed by atoms with Crippen LogP contribution in [-0.2, 0) is 4.79 Å². The highest BCUT2D eigenvalue weighted by Crippen LogP contribution is 1.74. The monoisotopic (exact) mass is 133 g/mol. The molecule has 4 nitrogen and oxygen atoms in total. The molecule has 0 aromatic carbocycles. The molecule has 5 heteroatoms. The van der Waals surface area contributed by atoms with Crippen LogP contribution in [0, 0.1) is 11.3 Å². The van der Waals surface area contributed by atoms with Crippen molar-refractivity contribution in [1.29, 1.82) is 5.26 Å². The average molecular weight is 134 g/mol. The molecule has 0 fully saturated rings. The number of nitrogens with zero attached hydrogens (tertiary/aromatic N) is 2. The van der Waals surface area contributed by atoms with Crippen molar-refractivity contribution in [2.45, 2.75) is 0 Å². The summed E-state index contributed by atoms with van der Waals surface area (Å²) in [6.07, 6.45) is 0.146. The Morgan fingerprint density at radius 1 is 2.00 bits per heavy atom. The Labute approximate surface area is 50.3 Å². The first-order valence-corrected chi connectivity index (χ1v) is 1.93. The van der Waals surface area contributed by atoms with Gasteiger partial charge in [0.1, 0.15) is 4.26 Å². The lowest BCUT2D eigenvalue weighted by Gasteiger charge is -1.69. The number of halogens is 1. The fourth-order valence-corrected chi connectivity index (χ4v) is 0.189. The third kappa shape index (κ3) is 1.58. The zero-order chi connectivity index (χ0) is 6.57. The van der Waals surface area contributed by atoms with E-state index in [4.69, 9.17) is 22.2 Å². The van der Waals surface area contributed by atoms with Crippen LogP contribution >= 0.6 is 11.8 Å². The maximum absolute atomic E-state index is 9.63. The molecule has 42 valence electrons. The molecule has 1 N–H and O–H groups in total. The van der Waals surface area contributed by atoms with Crippen molar-refractivity contribution >= 4 is 23.8 Å². The highest BCUT2D eigenvalue weighted by Gasteiger charge is 2.09. The molecule has 0 aromatic rings. The largest absolute Gasteiger partial charge is 0.392 e. The fraction of sp³-hybridized carbons (Fsp3) is 0. The first-order valence-electron chi connectivity index (χ1n) is 1.59. The van der Waals surface area contributed by atoms with E-state index in [9.17, 15) is 4.79 Å². The molecular formula is C3H2ClN2O2+. The van der Waals surface area contributed by atoms with Gasteiger partial charge in [0.05, 0.1) is 0 Å². The normalized spacial score (nSPS) is 11.5. The minimum atomic E-state index is -0.535. The maximum atomic E-state index is 9.63. The third-order valence-electron chi connectivity index (χ3n) is 0.425. The summed E-state index contributed by atoms with van der Waals surface area (Å²) in [6.45, 7) is 0. The van der Waals surface area contributed by atoms with Crippen molar-refractivity contribution < 1.29 is 14.3 Å². The van der Waals surface area contributed by atoms with E-state index >= 15 is 0 Å². The van der Waals surface area contributed by atoms with E-state index in [2.05, 4.69) is 0 Å². The van der Waals surface area contributed by atoms with Gasteiger partial charge in [0.15, 0.2) is 6.07 Å². The van der Waals surface area contributed by atoms with Gasteiger partial charge in [0.2, 0.25) is 6.29 Å². The number of nitriles is 1. The van der Waals surface area contributed by atoms with E-state index < -0.39 is 5.71 Å². The van der Waals surface area contributed by atoms with Crippen molar-refractivity contribution in [2.75, 3.05) is 0 Å². The van der Waals surface area contributed by atoms with Crippen LogP contribution in [0.15, 0.2) is 0 Å². The van der Waals surface area contributed by atoms with Gasteiger partial charge in [-0.05, 0) is 0 Å². The summed E-state index contributed by atoms with van der Waals surface area (Å²) < 4.78 is -0.0625. The van der Waals surface area contributed by atoms with Gasteiger partial charge in [0, 0.05) is 0 Å². The van der Waals surface area contributed by atoms with Gasteiger partial charge >= 0.3 is 17.5 Å². The van der Waals surface area contributed by atoms with E-state index in [0.29, 0.717) is 0 Å². The molecule has 0 saturated heterocycles. The quantitative estimate of drug-likeness (QED) is 0.176. The lowest BCUT2D eigenvalue weighted by atomic mass is 10.5. The number of carbonyl (C=O) groups is 1. The molecule has 0 aliphatic heterocycles. The number of hydrogen-bond donors (Lipinski definition) is 1. The number of rotatable bonds is 1. The number of hydrogen-bond acceptors (Lipinski definition) is 3. The standard InChI is InChI=1S/C3H2ClN2O2/c4-6(8)3(1-5)2-7/h2,8H/q+1. The zero-order valence-corrected chi connectivity index (χ0v) is 4.46. The van der Waals surface area contributed by atoms with Gasteiger partial charge in [0.25, 0.3) is 0 Å². The van der Waals surface area contributed by atoms with E-state index in [0.717, 1.165) is 0 Å². The van der Waals surface area contributed by atoms with E-state index in [1.165, 1.54) is 6.07 Å². The Hall–Kier alpha value is -1.08. The maximum Gasteiger partial charge on any atom is 0.392 e. The van der Waals surface area contributed by atoms with Gasteiger partial charge in [-0.2, -0.15) is 5.26 Å². The second-order valence-electron chi connectivity index (χ2n) is 0.875. The van der Waals surface area contributed by atoms with Crippen LogP contribution in [0.2, 0.25) is 0 Å². The van der Waals surface area contributed by atoms with E-state index in [1.54, 1.807) is 0 Å². The molecule has 0 aliphatic rings. The van der Waals surface area contributed by atoms with Gasteiger partial charge < -0.3 is 0 Å². The van der Waals surface area contributed by atoms with E-state index in [-0.39, 0.29) is 10.5 Å². The molecule has 0 radical (unpaired) electrons. The summed E-state index contributed by atoms with van der Waals surface area (Å²) in [6, 6.07) is 1.34. The molecule has 0 saturated carbocycles. The SMILES string of the molecule is N#CC(C=O)=[N+](O)Cl. The Bertz CT molecular complexity index is 165. The summed E-state index contributed by atoms with van der Waals surface area (Å²) in [5.41, 5.74) is -0.535. The second kappa shape index (κ2) is 2.99. The summed E-state index contributed by atoms with van der Waals surface area (Å²) in [5.74, 6) is 0. The van der Waals surface area contributed by atoms with Gasteiger partial charge in [-0.1, -0.05) is 0 Å². The third-order valence-corrected chi connectivity index (χ3v) is 0.607. The Morgan fingerprint density at radius 2 is 2.50 bits per heavy atom. The van der Waals surface area contributed by atoms with Crippen LogP contribution in [0.5, 0.6) is 0 Å². The van der Waals surface area contributed by atoms with Crippen molar-refractivity contribution in [2.24, 2.45) is 0 Å². The molecule has 8 heavy (non-hydrogen) atoms. The van der Waals surface area contributed by atoms with Crippen LogP contribution in [0.4, 0.5) is 0 Å². The Balaban J connectivity index is 4.38. The molecule has 0 amide bonds. The molecule has 0 spiro atoms. The Kier molecular flexibility index (Phi) is 2.59. The molecular weight excluding hydrogens is 131 g/mol. The fourth-order valence-electron chi connectivity index (χ4n) is 0.111. The van der Waals surface area contributed by atoms with Crippen molar-refractivity contribution in [3.63, 3.8) is 0 Å². The molecule has 0 unspecified atom stereocenters. The van der Waals surface area contributed by atoms with Crippen LogP contribution in [0.25, 0.3) is 0 Å². The van der Waals surface area contributed by atoms with E-state index in [1.807, 2.05) is 0 Å². The molecule has 0 bridgehead atoms. The summed E-state index contributed by atoms with van der Waals surface area (Å²) >= 11 is 4.74. The van der Waals surface area contributed by atoms with Crippen LogP contribution in [0.3, 0.4) is 0 Å². The second-order valence-corrected chi connectivity index (χ2v) is 1.20. The topological polar surface area (TPSA) is 64.1 Å². The van der Waals surface area contributed by atoms with Crippen molar-refractivity contribution in [1.82, 2.24) is 0 Å². The highest BCUT2D eigenvalue weighted by molar-refractivity contribution is 6.35.